The van der Waals surface area contributed by atoms with Crippen LogP contribution in [0.3, 0.4) is 0 Å². The standard InChI is InChI=1S/C14H17Cl2N3O2/c1-2-17-14(21)19-8-6-18(7-9-19)13(20)10-4-3-5-11(15)12(10)16/h3-5H,2,6-9H2,1H3,(H,17,21). The average Bonchev–Trinajstić information content (AvgIpc) is 2.50. The predicted octanol–water partition coefficient (Wildman–Crippen LogP) is 2.48. The summed E-state index contributed by atoms with van der Waals surface area (Å²) in [7, 11) is 0. The molecule has 0 aromatic heterocycles. The van der Waals surface area contributed by atoms with Crippen LogP contribution in [0.2, 0.25) is 10.0 Å². The number of rotatable bonds is 2. The third-order valence-corrected chi connectivity index (χ3v) is 4.18. The maximum atomic E-state index is 12.4. The minimum absolute atomic E-state index is 0.0922. The number of halogens is 2. The Balaban J connectivity index is 2.00. The lowest BCUT2D eigenvalue weighted by molar-refractivity contribution is 0.0665. The van der Waals surface area contributed by atoms with Gasteiger partial charge >= 0.3 is 6.03 Å². The van der Waals surface area contributed by atoms with Gasteiger partial charge in [-0.25, -0.2) is 4.79 Å². The molecule has 0 bridgehead atoms. The van der Waals surface area contributed by atoms with E-state index in [0.717, 1.165) is 0 Å². The van der Waals surface area contributed by atoms with Crippen molar-refractivity contribution in [1.29, 1.82) is 0 Å². The fourth-order valence-corrected chi connectivity index (χ4v) is 2.60. The molecule has 3 amide bonds. The van der Waals surface area contributed by atoms with Crippen molar-refractivity contribution in [1.82, 2.24) is 15.1 Å². The third-order valence-electron chi connectivity index (χ3n) is 3.36. The van der Waals surface area contributed by atoms with Crippen LogP contribution in [-0.2, 0) is 0 Å². The average molecular weight is 330 g/mol. The summed E-state index contributed by atoms with van der Waals surface area (Å²) in [4.78, 5) is 27.5. The molecule has 114 valence electrons. The first-order valence-electron chi connectivity index (χ1n) is 6.80. The summed E-state index contributed by atoms with van der Waals surface area (Å²) in [6.07, 6.45) is 0. The first-order valence-corrected chi connectivity index (χ1v) is 7.56. The van der Waals surface area contributed by atoms with Crippen molar-refractivity contribution >= 4 is 35.1 Å². The van der Waals surface area contributed by atoms with Crippen LogP contribution in [0.4, 0.5) is 4.79 Å². The monoisotopic (exact) mass is 329 g/mol. The van der Waals surface area contributed by atoms with Crippen molar-refractivity contribution in [3.8, 4) is 0 Å². The number of nitrogens with one attached hydrogen (secondary N) is 1. The number of nitrogens with zero attached hydrogens (tertiary/aromatic N) is 2. The van der Waals surface area contributed by atoms with Gasteiger partial charge in [0.05, 0.1) is 15.6 Å². The van der Waals surface area contributed by atoms with Gasteiger partial charge in [0.25, 0.3) is 5.91 Å². The van der Waals surface area contributed by atoms with Gasteiger partial charge in [-0.3, -0.25) is 4.79 Å². The highest BCUT2D eigenvalue weighted by atomic mass is 35.5. The van der Waals surface area contributed by atoms with Crippen molar-refractivity contribution < 1.29 is 9.59 Å². The molecule has 1 fully saturated rings. The molecule has 1 aliphatic rings. The highest BCUT2D eigenvalue weighted by molar-refractivity contribution is 6.43. The molecule has 1 N–H and O–H groups in total. The second-order valence-electron chi connectivity index (χ2n) is 4.72. The first kappa shape index (κ1) is 15.9. The molecule has 0 unspecified atom stereocenters. The fraction of sp³-hybridized carbons (Fsp3) is 0.429. The van der Waals surface area contributed by atoms with Crippen molar-refractivity contribution in [3.05, 3.63) is 33.8 Å². The zero-order valence-corrected chi connectivity index (χ0v) is 13.2. The van der Waals surface area contributed by atoms with E-state index in [4.69, 9.17) is 23.2 Å². The number of piperazine rings is 1. The molecule has 2 rings (SSSR count). The van der Waals surface area contributed by atoms with Crippen LogP contribution in [0.15, 0.2) is 18.2 Å². The number of amides is 3. The van der Waals surface area contributed by atoms with Gasteiger partial charge in [0.2, 0.25) is 0 Å². The van der Waals surface area contributed by atoms with E-state index in [1.165, 1.54) is 0 Å². The lowest BCUT2D eigenvalue weighted by atomic mass is 10.2. The minimum atomic E-state index is -0.155. The van der Waals surface area contributed by atoms with E-state index in [9.17, 15) is 9.59 Å². The van der Waals surface area contributed by atoms with E-state index in [2.05, 4.69) is 5.32 Å². The van der Waals surface area contributed by atoms with Crippen LogP contribution >= 0.6 is 23.2 Å². The zero-order chi connectivity index (χ0) is 15.4. The minimum Gasteiger partial charge on any atom is -0.338 e. The molecular weight excluding hydrogens is 313 g/mol. The molecule has 0 atom stereocenters. The second kappa shape index (κ2) is 7.00. The molecule has 5 nitrogen and oxygen atoms in total. The molecule has 1 aliphatic heterocycles. The lowest BCUT2D eigenvalue weighted by Gasteiger charge is -2.34. The smallest absolute Gasteiger partial charge is 0.317 e. The van der Waals surface area contributed by atoms with Gasteiger partial charge in [0.15, 0.2) is 0 Å². The Labute approximate surface area is 133 Å². The van der Waals surface area contributed by atoms with Gasteiger partial charge < -0.3 is 15.1 Å². The molecule has 7 heteroatoms. The Hall–Kier alpha value is -1.46. The van der Waals surface area contributed by atoms with E-state index in [1.54, 1.807) is 28.0 Å². The summed E-state index contributed by atoms with van der Waals surface area (Å²) < 4.78 is 0. The molecular formula is C14H17Cl2N3O2. The van der Waals surface area contributed by atoms with Crippen LogP contribution in [0.25, 0.3) is 0 Å². The van der Waals surface area contributed by atoms with Crippen LogP contribution in [0.1, 0.15) is 17.3 Å². The summed E-state index contributed by atoms with van der Waals surface area (Å²) in [5, 5.41) is 3.39. The maximum absolute atomic E-state index is 12.4. The Morgan fingerprint density at radius 2 is 1.76 bits per heavy atom. The Morgan fingerprint density at radius 1 is 1.14 bits per heavy atom. The molecule has 0 radical (unpaired) electrons. The molecule has 0 spiro atoms. The summed E-state index contributed by atoms with van der Waals surface area (Å²) in [5.74, 6) is -0.155. The number of carbonyl (C=O) groups excluding carboxylic acids is 2. The summed E-state index contributed by atoms with van der Waals surface area (Å²) in [6.45, 7) is 4.46. The highest BCUT2D eigenvalue weighted by Crippen LogP contribution is 2.26. The maximum Gasteiger partial charge on any atom is 0.317 e. The van der Waals surface area contributed by atoms with E-state index < -0.39 is 0 Å². The van der Waals surface area contributed by atoms with Crippen LogP contribution in [0, 0.1) is 0 Å². The predicted molar refractivity (Wildman–Crippen MR) is 83.0 cm³/mol. The van der Waals surface area contributed by atoms with Gasteiger partial charge in [0.1, 0.15) is 0 Å². The van der Waals surface area contributed by atoms with Crippen molar-refractivity contribution in [2.75, 3.05) is 32.7 Å². The van der Waals surface area contributed by atoms with Gasteiger partial charge in [-0.2, -0.15) is 0 Å². The van der Waals surface area contributed by atoms with E-state index in [0.29, 0.717) is 43.3 Å². The fourth-order valence-electron chi connectivity index (χ4n) is 2.21. The summed E-state index contributed by atoms with van der Waals surface area (Å²) >= 11 is 12.0. The topological polar surface area (TPSA) is 52.7 Å². The number of hydrogen-bond acceptors (Lipinski definition) is 2. The van der Waals surface area contributed by atoms with Crippen molar-refractivity contribution in [2.45, 2.75) is 6.92 Å². The van der Waals surface area contributed by atoms with Crippen molar-refractivity contribution in [3.63, 3.8) is 0 Å². The summed E-state index contributed by atoms with van der Waals surface area (Å²) in [6, 6.07) is 4.91. The quantitative estimate of drug-likeness (QED) is 0.906. The first-order chi connectivity index (χ1) is 10.0. The molecule has 1 saturated heterocycles. The third kappa shape index (κ3) is 3.60. The van der Waals surface area contributed by atoms with Gasteiger partial charge in [0, 0.05) is 32.7 Å². The van der Waals surface area contributed by atoms with Crippen LogP contribution < -0.4 is 5.32 Å². The SMILES string of the molecule is CCNC(=O)N1CCN(C(=O)c2cccc(Cl)c2Cl)CC1. The number of benzene rings is 1. The molecule has 0 aliphatic carbocycles. The Bertz CT molecular complexity index is 543. The molecule has 1 heterocycles. The molecule has 1 aromatic rings. The summed E-state index contributed by atoms with van der Waals surface area (Å²) in [5.41, 5.74) is 0.399. The van der Waals surface area contributed by atoms with Gasteiger partial charge in [-0.1, -0.05) is 29.3 Å². The van der Waals surface area contributed by atoms with E-state index in [-0.39, 0.29) is 17.0 Å². The van der Waals surface area contributed by atoms with Crippen LogP contribution in [-0.4, -0.2) is 54.5 Å². The largest absolute Gasteiger partial charge is 0.338 e. The Kier molecular flexibility index (Phi) is 5.31. The lowest BCUT2D eigenvalue weighted by Crippen LogP contribution is -2.53. The number of carbonyl (C=O) groups is 2. The zero-order valence-electron chi connectivity index (χ0n) is 11.7. The Morgan fingerprint density at radius 3 is 2.38 bits per heavy atom. The molecule has 21 heavy (non-hydrogen) atoms. The van der Waals surface area contributed by atoms with E-state index >= 15 is 0 Å². The van der Waals surface area contributed by atoms with Gasteiger partial charge in [-0.05, 0) is 19.1 Å². The molecule has 1 aromatic carbocycles. The van der Waals surface area contributed by atoms with E-state index in [1.807, 2.05) is 6.92 Å². The van der Waals surface area contributed by atoms with Gasteiger partial charge in [-0.15, -0.1) is 0 Å². The second-order valence-corrected chi connectivity index (χ2v) is 5.50. The number of hydrogen-bond donors (Lipinski definition) is 1. The number of urea groups is 1. The highest BCUT2D eigenvalue weighted by Gasteiger charge is 2.26. The molecule has 0 saturated carbocycles. The van der Waals surface area contributed by atoms with Crippen molar-refractivity contribution in [2.24, 2.45) is 0 Å². The normalized spacial score (nSPS) is 15.0. The van der Waals surface area contributed by atoms with Crippen LogP contribution in [0.5, 0.6) is 0 Å².